The summed E-state index contributed by atoms with van der Waals surface area (Å²) in [7, 11) is -2.27. The Morgan fingerprint density at radius 1 is 1.10 bits per heavy atom. The lowest BCUT2D eigenvalue weighted by Gasteiger charge is -2.12. The summed E-state index contributed by atoms with van der Waals surface area (Å²) in [5.41, 5.74) is -6.17. The molecule has 0 bridgehead atoms. The number of nitrogens with zero attached hydrogens (tertiary/aromatic N) is 2. The van der Waals surface area contributed by atoms with E-state index in [0.29, 0.717) is 6.07 Å². The minimum absolute atomic E-state index is 0.171. The van der Waals surface area contributed by atoms with Crippen LogP contribution in [-0.2, 0) is 15.6 Å². The monoisotopic (exact) mass is 449 g/mol. The number of hydrogen-bond acceptors (Lipinski definition) is 7. The van der Waals surface area contributed by atoms with E-state index in [4.69, 9.17) is 0 Å². The Bertz CT molecular complexity index is 1000. The van der Waals surface area contributed by atoms with Gasteiger partial charge in [-0.1, -0.05) is 12.1 Å². The van der Waals surface area contributed by atoms with E-state index in [1.165, 1.54) is 18.2 Å². The van der Waals surface area contributed by atoms with Crippen LogP contribution in [-0.4, -0.2) is 31.2 Å². The number of amides is 1. The second-order valence-electron chi connectivity index (χ2n) is 5.25. The minimum Gasteiger partial charge on any atom is -0.324 e. The first-order chi connectivity index (χ1) is 13.5. The van der Waals surface area contributed by atoms with Crippen LogP contribution in [0.5, 0.6) is 0 Å². The van der Waals surface area contributed by atoms with Gasteiger partial charge < -0.3 is 5.32 Å². The second-order valence-corrected chi connectivity index (χ2v) is 7.77. The smallest absolute Gasteiger partial charge is 0.324 e. The molecule has 9 nitrogen and oxygen atoms in total. The Labute approximate surface area is 167 Å². The largest absolute Gasteiger partial charge is 0.446 e. The van der Waals surface area contributed by atoms with E-state index < -0.39 is 65.8 Å². The van der Waals surface area contributed by atoms with Crippen molar-refractivity contribution in [3.8, 4) is 0 Å². The van der Waals surface area contributed by atoms with Gasteiger partial charge in [-0.2, -0.15) is 13.2 Å². The lowest BCUT2D eigenvalue weighted by molar-refractivity contribution is -0.396. The van der Waals surface area contributed by atoms with Crippen LogP contribution >= 0.6 is 11.8 Å². The summed E-state index contributed by atoms with van der Waals surface area (Å²) >= 11 is -0.448. The van der Waals surface area contributed by atoms with Gasteiger partial charge >= 0.3 is 5.51 Å². The summed E-state index contributed by atoms with van der Waals surface area (Å²) in [6, 6.07) is 7.46. The van der Waals surface area contributed by atoms with Crippen LogP contribution in [0.4, 0.5) is 30.2 Å². The Balaban J connectivity index is 2.20. The average molecular weight is 449 g/mol. The second kappa shape index (κ2) is 9.00. The molecule has 2 rings (SSSR count). The number of halogens is 3. The third kappa shape index (κ3) is 6.25. The molecule has 0 saturated heterocycles. The molecule has 0 aliphatic heterocycles. The molecule has 0 spiro atoms. The Morgan fingerprint density at radius 2 is 1.76 bits per heavy atom. The van der Waals surface area contributed by atoms with Gasteiger partial charge in [-0.25, -0.2) is 0 Å². The highest BCUT2D eigenvalue weighted by Gasteiger charge is 2.31. The van der Waals surface area contributed by atoms with E-state index in [2.05, 4.69) is 5.32 Å². The summed E-state index contributed by atoms with van der Waals surface area (Å²) in [4.78, 5) is 31.4. The van der Waals surface area contributed by atoms with Crippen molar-refractivity contribution in [2.75, 3.05) is 11.1 Å². The number of non-ortho nitro benzene ring substituents is 1. The first kappa shape index (κ1) is 22.3. The maximum absolute atomic E-state index is 12.6. The number of alkyl halides is 3. The molecule has 154 valence electrons. The summed E-state index contributed by atoms with van der Waals surface area (Å²) in [6.45, 7) is 0. The maximum atomic E-state index is 12.6. The van der Waals surface area contributed by atoms with Gasteiger partial charge in [0.2, 0.25) is 5.91 Å². The highest BCUT2D eigenvalue weighted by molar-refractivity contribution is 8.00. The van der Waals surface area contributed by atoms with E-state index in [1.54, 1.807) is 0 Å². The van der Waals surface area contributed by atoms with Gasteiger partial charge in [-0.05, 0) is 30.0 Å². The number of rotatable bonds is 7. The fourth-order valence-electron chi connectivity index (χ4n) is 2.12. The first-order valence-corrected chi connectivity index (χ1v) is 9.57. The summed E-state index contributed by atoms with van der Waals surface area (Å²) in [6.07, 6.45) is 0. The molecular weight excluding hydrogens is 439 g/mol. The summed E-state index contributed by atoms with van der Waals surface area (Å²) in [5, 5.41) is 24.0. The van der Waals surface area contributed by atoms with Crippen LogP contribution in [0.3, 0.4) is 0 Å². The molecule has 0 aliphatic carbocycles. The van der Waals surface area contributed by atoms with Gasteiger partial charge in [-0.3, -0.25) is 29.2 Å². The molecule has 0 radical (unpaired) electrons. The number of anilines is 1. The third-order valence-electron chi connectivity index (χ3n) is 3.24. The standard InChI is InChI=1S/C15H10F3N3O6S2/c16-15(17,18)28-12-4-2-1-3-10(12)19-14(22)8-29(27)13-6-5-9(20(23)24)7-11(13)21(25)26/h1-7H,8H2,(H,19,22). The first-order valence-electron chi connectivity index (χ1n) is 7.44. The number of nitro benzene ring substituents is 2. The lowest BCUT2D eigenvalue weighted by Crippen LogP contribution is -2.20. The summed E-state index contributed by atoms with van der Waals surface area (Å²) in [5.74, 6) is -1.75. The fraction of sp³-hybridized carbons (Fsp3) is 0.133. The molecule has 0 aliphatic rings. The van der Waals surface area contributed by atoms with Crippen molar-refractivity contribution >= 4 is 45.5 Å². The van der Waals surface area contributed by atoms with Crippen molar-refractivity contribution < 1.29 is 32.0 Å². The fourth-order valence-corrected chi connectivity index (χ4v) is 3.80. The molecule has 14 heteroatoms. The Kier molecular flexibility index (Phi) is 6.92. The molecule has 29 heavy (non-hydrogen) atoms. The molecule has 1 atom stereocenters. The van der Waals surface area contributed by atoms with Crippen molar-refractivity contribution in [3.05, 3.63) is 62.7 Å². The van der Waals surface area contributed by atoms with Crippen LogP contribution in [0.1, 0.15) is 0 Å². The van der Waals surface area contributed by atoms with Crippen LogP contribution in [0.25, 0.3) is 0 Å². The van der Waals surface area contributed by atoms with Crippen molar-refractivity contribution in [1.29, 1.82) is 0 Å². The quantitative estimate of drug-likeness (QED) is 0.385. The zero-order chi connectivity index (χ0) is 21.8. The van der Waals surface area contributed by atoms with E-state index in [1.807, 2.05) is 0 Å². The van der Waals surface area contributed by atoms with Gasteiger partial charge in [-0.15, -0.1) is 0 Å². The summed E-state index contributed by atoms with van der Waals surface area (Å²) < 4.78 is 50.1. The number of hydrogen-bond donors (Lipinski definition) is 1. The molecule has 0 saturated carbocycles. The highest BCUT2D eigenvalue weighted by atomic mass is 32.2. The Hall–Kier alpha value is -3.00. The number of carbonyl (C=O) groups is 1. The number of nitro groups is 2. The van der Waals surface area contributed by atoms with Gasteiger partial charge in [0.05, 0.1) is 32.4 Å². The van der Waals surface area contributed by atoms with Crippen LogP contribution in [0, 0.1) is 20.2 Å². The molecule has 1 unspecified atom stereocenters. The van der Waals surface area contributed by atoms with Gasteiger partial charge in [0.15, 0.2) is 0 Å². The molecule has 0 aromatic heterocycles. The lowest BCUT2D eigenvalue weighted by atomic mass is 10.3. The zero-order valence-electron chi connectivity index (χ0n) is 14.0. The van der Waals surface area contributed by atoms with Crippen LogP contribution < -0.4 is 5.32 Å². The minimum atomic E-state index is -4.59. The number of nitrogens with one attached hydrogen (secondary N) is 1. The normalized spacial score (nSPS) is 12.2. The number of carbonyl (C=O) groups excluding carboxylic acids is 1. The van der Waals surface area contributed by atoms with Gasteiger partial charge in [0, 0.05) is 11.0 Å². The van der Waals surface area contributed by atoms with Crippen molar-refractivity contribution in [2.24, 2.45) is 0 Å². The number of benzene rings is 2. The van der Waals surface area contributed by atoms with E-state index >= 15 is 0 Å². The number of para-hydroxylation sites is 1. The van der Waals surface area contributed by atoms with Crippen molar-refractivity contribution in [3.63, 3.8) is 0 Å². The van der Waals surface area contributed by atoms with Crippen molar-refractivity contribution in [1.82, 2.24) is 0 Å². The topological polar surface area (TPSA) is 132 Å². The Morgan fingerprint density at radius 3 is 2.34 bits per heavy atom. The number of thioether (sulfide) groups is 1. The van der Waals surface area contributed by atoms with Crippen LogP contribution in [0.2, 0.25) is 0 Å². The van der Waals surface area contributed by atoms with Gasteiger partial charge in [0.1, 0.15) is 10.6 Å². The molecular formula is C15H10F3N3O6S2. The molecule has 0 heterocycles. The zero-order valence-corrected chi connectivity index (χ0v) is 15.7. The molecule has 2 aromatic carbocycles. The third-order valence-corrected chi connectivity index (χ3v) is 5.41. The predicted octanol–water partition coefficient (Wildman–Crippen LogP) is 3.86. The van der Waals surface area contributed by atoms with Gasteiger partial charge in [0.25, 0.3) is 11.4 Å². The SMILES string of the molecule is O=C(CS(=O)c1ccc([N+](=O)[O-])cc1[N+](=O)[O-])Nc1ccccc1SC(F)(F)F. The molecule has 1 N–H and O–H groups in total. The molecule has 2 aromatic rings. The maximum Gasteiger partial charge on any atom is 0.446 e. The highest BCUT2D eigenvalue weighted by Crippen LogP contribution is 2.40. The predicted molar refractivity (Wildman–Crippen MR) is 98.0 cm³/mol. The molecule has 1 amide bonds. The molecule has 0 fully saturated rings. The van der Waals surface area contributed by atoms with Crippen molar-refractivity contribution in [2.45, 2.75) is 15.3 Å². The van der Waals surface area contributed by atoms with E-state index in [9.17, 15) is 42.4 Å². The van der Waals surface area contributed by atoms with E-state index in [-0.39, 0.29) is 10.6 Å². The van der Waals surface area contributed by atoms with E-state index in [0.717, 1.165) is 18.2 Å². The van der Waals surface area contributed by atoms with Crippen LogP contribution in [0.15, 0.2) is 52.3 Å². The average Bonchev–Trinajstić information content (AvgIpc) is 2.61.